The minimum absolute atomic E-state index is 0.214. The number of carbonyl (C=O) groups is 2. The SMILES string of the molecule is CC(C)C1CCCN(C(=O)C(C(=O)O)C(C)(C)C)CC1. The Balaban J connectivity index is 2.78. The third-order valence-electron chi connectivity index (χ3n) is 4.39. The van der Waals surface area contributed by atoms with E-state index < -0.39 is 17.3 Å². The van der Waals surface area contributed by atoms with Crippen molar-refractivity contribution in [1.82, 2.24) is 4.90 Å². The average Bonchev–Trinajstić information content (AvgIpc) is 2.51. The summed E-state index contributed by atoms with van der Waals surface area (Å²) in [5.41, 5.74) is -0.549. The van der Waals surface area contributed by atoms with Crippen LogP contribution < -0.4 is 0 Å². The molecule has 0 aliphatic carbocycles. The molecule has 2 unspecified atom stereocenters. The Morgan fingerprint density at radius 1 is 1.15 bits per heavy atom. The smallest absolute Gasteiger partial charge is 0.316 e. The summed E-state index contributed by atoms with van der Waals surface area (Å²) in [4.78, 5) is 25.8. The normalized spacial score (nSPS) is 22.5. The molecule has 0 saturated carbocycles. The number of carbonyl (C=O) groups excluding carboxylic acids is 1. The van der Waals surface area contributed by atoms with Gasteiger partial charge in [0.25, 0.3) is 0 Å². The first-order valence-corrected chi connectivity index (χ1v) is 7.66. The molecule has 4 nitrogen and oxygen atoms in total. The molecule has 1 aliphatic heterocycles. The van der Waals surface area contributed by atoms with Crippen LogP contribution in [0, 0.1) is 23.2 Å². The largest absolute Gasteiger partial charge is 0.481 e. The summed E-state index contributed by atoms with van der Waals surface area (Å²) in [7, 11) is 0. The fraction of sp³-hybridized carbons (Fsp3) is 0.875. The first kappa shape index (κ1) is 17.0. The van der Waals surface area contributed by atoms with Crippen molar-refractivity contribution < 1.29 is 14.7 Å². The Bertz CT molecular complexity index is 357. The molecule has 0 aromatic heterocycles. The maximum Gasteiger partial charge on any atom is 0.316 e. The molecular weight excluding hydrogens is 254 g/mol. The predicted molar refractivity (Wildman–Crippen MR) is 79.3 cm³/mol. The number of hydrogen-bond acceptors (Lipinski definition) is 2. The fourth-order valence-corrected chi connectivity index (χ4v) is 3.04. The van der Waals surface area contributed by atoms with Gasteiger partial charge >= 0.3 is 5.97 Å². The van der Waals surface area contributed by atoms with E-state index in [1.807, 2.05) is 20.8 Å². The molecule has 20 heavy (non-hydrogen) atoms. The second kappa shape index (κ2) is 6.59. The van der Waals surface area contributed by atoms with Crippen LogP contribution in [0.15, 0.2) is 0 Å². The number of rotatable bonds is 3. The van der Waals surface area contributed by atoms with Crippen molar-refractivity contribution in [1.29, 1.82) is 0 Å². The number of likely N-dealkylation sites (tertiary alicyclic amines) is 1. The lowest BCUT2D eigenvalue weighted by Crippen LogP contribution is -2.45. The highest BCUT2D eigenvalue weighted by molar-refractivity contribution is 5.97. The van der Waals surface area contributed by atoms with Crippen LogP contribution in [0.5, 0.6) is 0 Å². The highest BCUT2D eigenvalue weighted by Crippen LogP contribution is 2.30. The van der Waals surface area contributed by atoms with Gasteiger partial charge in [0.2, 0.25) is 5.91 Å². The molecule has 1 fully saturated rings. The van der Waals surface area contributed by atoms with Crippen LogP contribution in [-0.4, -0.2) is 35.0 Å². The van der Waals surface area contributed by atoms with Gasteiger partial charge in [-0.1, -0.05) is 34.6 Å². The second-order valence-corrected chi connectivity index (χ2v) is 7.40. The number of nitrogens with zero attached hydrogens (tertiary/aromatic N) is 1. The zero-order chi connectivity index (χ0) is 15.5. The van der Waals surface area contributed by atoms with Gasteiger partial charge in [0.1, 0.15) is 5.92 Å². The van der Waals surface area contributed by atoms with Crippen LogP contribution in [0.25, 0.3) is 0 Å². The first-order valence-electron chi connectivity index (χ1n) is 7.66. The standard InChI is InChI=1S/C16H29NO3/c1-11(2)12-7-6-9-17(10-8-12)14(18)13(15(19)20)16(3,4)5/h11-13H,6-10H2,1-5H3,(H,19,20). The van der Waals surface area contributed by atoms with Gasteiger partial charge in [-0.2, -0.15) is 0 Å². The fourth-order valence-electron chi connectivity index (χ4n) is 3.04. The third kappa shape index (κ3) is 4.22. The van der Waals surface area contributed by atoms with E-state index in [1.54, 1.807) is 4.90 Å². The lowest BCUT2D eigenvalue weighted by molar-refractivity contribution is -0.156. The van der Waals surface area contributed by atoms with Crippen molar-refractivity contribution in [3.8, 4) is 0 Å². The van der Waals surface area contributed by atoms with Gasteiger partial charge in [-0.15, -0.1) is 0 Å². The van der Waals surface area contributed by atoms with Crippen molar-refractivity contribution >= 4 is 11.9 Å². The van der Waals surface area contributed by atoms with E-state index in [9.17, 15) is 14.7 Å². The average molecular weight is 283 g/mol. The zero-order valence-corrected chi connectivity index (χ0v) is 13.5. The van der Waals surface area contributed by atoms with Crippen molar-refractivity contribution in [2.24, 2.45) is 23.2 Å². The highest BCUT2D eigenvalue weighted by Gasteiger charge is 2.40. The molecule has 0 radical (unpaired) electrons. The lowest BCUT2D eigenvalue weighted by Gasteiger charge is -2.31. The minimum Gasteiger partial charge on any atom is -0.481 e. The van der Waals surface area contributed by atoms with Gasteiger partial charge in [0.05, 0.1) is 0 Å². The maximum atomic E-state index is 12.6. The molecule has 1 amide bonds. The summed E-state index contributed by atoms with van der Waals surface area (Å²) < 4.78 is 0. The van der Waals surface area contributed by atoms with E-state index in [4.69, 9.17) is 0 Å². The number of carboxylic acids is 1. The molecule has 0 spiro atoms. The van der Waals surface area contributed by atoms with Gasteiger partial charge in [0, 0.05) is 13.1 Å². The van der Waals surface area contributed by atoms with Crippen molar-refractivity contribution in [3.63, 3.8) is 0 Å². The Labute approximate surface area is 122 Å². The Morgan fingerprint density at radius 2 is 1.75 bits per heavy atom. The van der Waals surface area contributed by atoms with Crippen molar-refractivity contribution in [2.45, 2.75) is 53.9 Å². The van der Waals surface area contributed by atoms with Crippen LogP contribution >= 0.6 is 0 Å². The number of carboxylic acid groups (broad SMARTS) is 1. The quantitative estimate of drug-likeness (QED) is 0.810. The van der Waals surface area contributed by atoms with Gasteiger partial charge in [0.15, 0.2) is 0 Å². The number of aliphatic carboxylic acids is 1. The number of amides is 1. The molecule has 1 saturated heterocycles. The van der Waals surface area contributed by atoms with Crippen LogP contribution in [0.2, 0.25) is 0 Å². The highest BCUT2D eigenvalue weighted by atomic mass is 16.4. The Kier molecular flexibility index (Phi) is 5.60. The topological polar surface area (TPSA) is 57.6 Å². The maximum absolute atomic E-state index is 12.6. The zero-order valence-electron chi connectivity index (χ0n) is 13.5. The van der Waals surface area contributed by atoms with E-state index in [-0.39, 0.29) is 5.91 Å². The van der Waals surface area contributed by atoms with Gasteiger partial charge < -0.3 is 10.0 Å². The summed E-state index contributed by atoms with van der Waals surface area (Å²) in [6.07, 6.45) is 3.10. The lowest BCUT2D eigenvalue weighted by atomic mass is 9.79. The van der Waals surface area contributed by atoms with Crippen LogP contribution in [0.3, 0.4) is 0 Å². The van der Waals surface area contributed by atoms with Crippen molar-refractivity contribution in [2.75, 3.05) is 13.1 Å². The second-order valence-electron chi connectivity index (χ2n) is 7.40. The monoisotopic (exact) mass is 283 g/mol. The van der Waals surface area contributed by atoms with Gasteiger partial charge in [-0.05, 0) is 36.5 Å². The predicted octanol–water partition coefficient (Wildman–Crippen LogP) is 3.02. The minimum atomic E-state index is -1.01. The Hall–Kier alpha value is -1.06. The summed E-state index contributed by atoms with van der Waals surface area (Å²) in [6.45, 7) is 11.3. The van der Waals surface area contributed by atoms with Crippen LogP contribution in [0.4, 0.5) is 0 Å². The van der Waals surface area contributed by atoms with E-state index in [0.29, 0.717) is 24.9 Å². The molecular formula is C16H29NO3. The summed E-state index contributed by atoms with van der Waals surface area (Å²) in [5, 5.41) is 9.37. The van der Waals surface area contributed by atoms with Gasteiger partial charge in [-0.3, -0.25) is 9.59 Å². The summed E-state index contributed by atoms with van der Waals surface area (Å²) >= 11 is 0. The molecule has 1 rings (SSSR count). The summed E-state index contributed by atoms with van der Waals surface area (Å²) in [5.74, 6) is -0.895. The molecule has 0 bridgehead atoms. The van der Waals surface area contributed by atoms with Crippen LogP contribution in [-0.2, 0) is 9.59 Å². The van der Waals surface area contributed by atoms with Crippen molar-refractivity contribution in [3.05, 3.63) is 0 Å². The molecule has 0 aromatic carbocycles. The van der Waals surface area contributed by atoms with E-state index in [2.05, 4.69) is 13.8 Å². The van der Waals surface area contributed by atoms with Crippen LogP contribution in [0.1, 0.15) is 53.9 Å². The molecule has 1 heterocycles. The third-order valence-corrected chi connectivity index (χ3v) is 4.39. The first-order chi connectivity index (χ1) is 9.14. The molecule has 1 N–H and O–H groups in total. The molecule has 1 aliphatic rings. The van der Waals surface area contributed by atoms with E-state index >= 15 is 0 Å². The molecule has 116 valence electrons. The molecule has 2 atom stereocenters. The van der Waals surface area contributed by atoms with Gasteiger partial charge in [-0.25, -0.2) is 0 Å². The number of hydrogen-bond donors (Lipinski definition) is 1. The molecule has 0 aromatic rings. The summed E-state index contributed by atoms with van der Waals surface area (Å²) in [6, 6.07) is 0. The van der Waals surface area contributed by atoms with E-state index in [1.165, 1.54) is 0 Å². The Morgan fingerprint density at radius 3 is 2.20 bits per heavy atom. The van der Waals surface area contributed by atoms with E-state index in [0.717, 1.165) is 19.3 Å². The molecule has 4 heteroatoms.